The monoisotopic (exact) mass is 302 g/mol. The van der Waals surface area contributed by atoms with Gasteiger partial charge in [-0.15, -0.1) is 0 Å². The van der Waals surface area contributed by atoms with Crippen LogP contribution in [0.2, 0.25) is 0 Å². The molecule has 3 rings (SSSR count). The van der Waals surface area contributed by atoms with E-state index in [1.807, 2.05) is 32.0 Å². The minimum atomic E-state index is -0.261. The van der Waals surface area contributed by atoms with Crippen LogP contribution in [-0.2, 0) is 9.53 Å². The van der Waals surface area contributed by atoms with Crippen LogP contribution in [0, 0.1) is 0 Å². The van der Waals surface area contributed by atoms with Gasteiger partial charge in [0.15, 0.2) is 5.17 Å². The molecule has 1 aromatic rings. The van der Waals surface area contributed by atoms with Crippen molar-refractivity contribution in [3.05, 3.63) is 47.2 Å². The van der Waals surface area contributed by atoms with E-state index >= 15 is 0 Å². The predicted molar refractivity (Wildman–Crippen MR) is 85.1 cm³/mol. The molecule has 0 spiro atoms. The lowest BCUT2D eigenvalue weighted by Crippen LogP contribution is -2.36. The highest BCUT2D eigenvalue weighted by Gasteiger charge is 2.38. The van der Waals surface area contributed by atoms with E-state index in [0.29, 0.717) is 12.2 Å². The summed E-state index contributed by atoms with van der Waals surface area (Å²) in [5.74, 6) is 0.745. The van der Waals surface area contributed by atoms with E-state index in [2.05, 4.69) is 22.0 Å². The highest BCUT2D eigenvalue weighted by Crippen LogP contribution is 2.40. The van der Waals surface area contributed by atoms with E-state index in [0.717, 1.165) is 28.7 Å². The molecule has 1 aromatic carbocycles. The summed E-state index contributed by atoms with van der Waals surface area (Å²) in [5, 5.41) is 1.01. The number of benzene rings is 1. The first-order valence-electron chi connectivity index (χ1n) is 7.13. The SMILES string of the molecule is CCOC(=O)C1=C(C)N=C2SCCN2[C@@H]1c1ccccc1. The Balaban J connectivity index is 2.08. The molecule has 21 heavy (non-hydrogen) atoms. The van der Waals surface area contributed by atoms with Crippen LogP contribution in [0.3, 0.4) is 0 Å². The smallest absolute Gasteiger partial charge is 0.338 e. The topological polar surface area (TPSA) is 41.9 Å². The Morgan fingerprint density at radius 3 is 2.90 bits per heavy atom. The number of ether oxygens (including phenoxy) is 1. The molecule has 2 aliphatic heterocycles. The fourth-order valence-corrected chi connectivity index (χ4v) is 3.79. The van der Waals surface area contributed by atoms with E-state index in [4.69, 9.17) is 4.74 Å². The molecular weight excluding hydrogens is 284 g/mol. The molecule has 0 saturated carbocycles. The Kier molecular flexibility index (Phi) is 4.01. The number of allylic oxidation sites excluding steroid dienone is 1. The van der Waals surface area contributed by atoms with Crippen LogP contribution in [-0.4, -0.2) is 34.9 Å². The van der Waals surface area contributed by atoms with Crippen LogP contribution in [0.4, 0.5) is 0 Å². The Morgan fingerprint density at radius 2 is 2.19 bits per heavy atom. The number of esters is 1. The van der Waals surface area contributed by atoms with Gasteiger partial charge in [-0.25, -0.2) is 9.79 Å². The van der Waals surface area contributed by atoms with Gasteiger partial charge in [0.1, 0.15) is 0 Å². The maximum Gasteiger partial charge on any atom is 0.338 e. The number of fused-ring (bicyclic) bond motifs is 1. The summed E-state index contributed by atoms with van der Waals surface area (Å²) in [6.07, 6.45) is 0. The van der Waals surface area contributed by atoms with Crippen molar-refractivity contribution >= 4 is 22.9 Å². The van der Waals surface area contributed by atoms with Gasteiger partial charge >= 0.3 is 5.97 Å². The van der Waals surface area contributed by atoms with Crippen LogP contribution in [0.5, 0.6) is 0 Å². The average Bonchev–Trinajstić information content (AvgIpc) is 2.94. The zero-order valence-corrected chi connectivity index (χ0v) is 13.0. The Bertz CT molecular complexity index is 610. The zero-order chi connectivity index (χ0) is 14.8. The summed E-state index contributed by atoms with van der Waals surface area (Å²) in [4.78, 5) is 19.2. The first kappa shape index (κ1) is 14.2. The summed E-state index contributed by atoms with van der Waals surface area (Å²) in [7, 11) is 0. The fraction of sp³-hybridized carbons (Fsp3) is 0.375. The van der Waals surface area contributed by atoms with Crippen molar-refractivity contribution in [3.8, 4) is 0 Å². The molecule has 5 heteroatoms. The number of rotatable bonds is 3. The molecule has 110 valence electrons. The number of nitrogens with zero attached hydrogens (tertiary/aromatic N) is 2. The number of carbonyl (C=O) groups excluding carboxylic acids is 1. The zero-order valence-electron chi connectivity index (χ0n) is 12.2. The first-order chi connectivity index (χ1) is 10.2. The molecule has 0 aromatic heterocycles. The highest BCUT2D eigenvalue weighted by molar-refractivity contribution is 8.14. The third-order valence-corrected chi connectivity index (χ3v) is 4.63. The molecule has 1 saturated heterocycles. The van der Waals surface area contributed by atoms with Gasteiger partial charge in [-0.05, 0) is 19.4 Å². The molecule has 0 bridgehead atoms. The van der Waals surface area contributed by atoms with Crippen molar-refractivity contribution < 1.29 is 9.53 Å². The molecule has 1 atom stereocenters. The largest absolute Gasteiger partial charge is 0.463 e. The molecule has 2 aliphatic rings. The second-order valence-corrected chi connectivity index (χ2v) is 6.03. The Labute approximate surface area is 128 Å². The highest BCUT2D eigenvalue weighted by atomic mass is 32.2. The van der Waals surface area contributed by atoms with Gasteiger partial charge in [0.05, 0.1) is 23.9 Å². The maximum absolute atomic E-state index is 12.4. The number of thioether (sulfide) groups is 1. The minimum Gasteiger partial charge on any atom is -0.463 e. The van der Waals surface area contributed by atoms with E-state index in [9.17, 15) is 4.79 Å². The maximum atomic E-state index is 12.4. The van der Waals surface area contributed by atoms with Crippen molar-refractivity contribution in [3.63, 3.8) is 0 Å². The number of hydrogen-bond donors (Lipinski definition) is 0. The molecule has 0 unspecified atom stereocenters. The van der Waals surface area contributed by atoms with Gasteiger partial charge < -0.3 is 9.64 Å². The molecule has 2 heterocycles. The summed E-state index contributed by atoms with van der Waals surface area (Å²) in [6, 6.07) is 10.0. The molecule has 0 N–H and O–H groups in total. The van der Waals surface area contributed by atoms with Crippen molar-refractivity contribution in [2.75, 3.05) is 18.9 Å². The van der Waals surface area contributed by atoms with Gasteiger partial charge in [0.2, 0.25) is 0 Å². The van der Waals surface area contributed by atoms with Crippen LogP contribution < -0.4 is 0 Å². The third-order valence-electron chi connectivity index (χ3n) is 3.66. The lowest BCUT2D eigenvalue weighted by molar-refractivity contribution is -0.139. The van der Waals surface area contributed by atoms with Crippen molar-refractivity contribution in [2.45, 2.75) is 19.9 Å². The molecule has 0 amide bonds. The van der Waals surface area contributed by atoms with Crippen LogP contribution in [0.1, 0.15) is 25.5 Å². The lowest BCUT2D eigenvalue weighted by Gasteiger charge is -2.34. The van der Waals surface area contributed by atoms with Gasteiger partial charge in [0, 0.05) is 12.3 Å². The van der Waals surface area contributed by atoms with Crippen molar-refractivity contribution in [1.82, 2.24) is 4.90 Å². The fourth-order valence-electron chi connectivity index (χ4n) is 2.76. The van der Waals surface area contributed by atoms with Crippen LogP contribution in [0.25, 0.3) is 0 Å². The summed E-state index contributed by atoms with van der Waals surface area (Å²) < 4.78 is 5.25. The molecule has 1 fully saturated rings. The minimum absolute atomic E-state index is 0.0900. The average molecular weight is 302 g/mol. The van der Waals surface area contributed by atoms with E-state index in [-0.39, 0.29) is 12.0 Å². The molecular formula is C16H18N2O2S. The Hall–Kier alpha value is -1.75. The first-order valence-corrected chi connectivity index (χ1v) is 8.12. The second kappa shape index (κ2) is 5.93. The number of aliphatic imine (C=N–C) groups is 1. The summed E-state index contributed by atoms with van der Waals surface area (Å²) in [5.41, 5.74) is 2.53. The summed E-state index contributed by atoms with van der Waals surface area (Å²) >= 11 is 1.75. The number of amidine groups is 1. The van der Waals surface area contributed by atoms with Crippen LogP contribution in [0.15, 0.2) is 46.6 Å². The van der Waals surface area contributed by atoms with Gasteiger partial charge in [-0.2, -0.15) is 0 Å². The Morgan fingerprint density at radius 1 is 1.43 bits per heavy atom. The number of hydrogen-bond acceptors (Lipinski definition) is 5. The van der Waals surface area contributed by atoms with Crippen molar-refractivity contribution in [2.24, 2.45) is 4.99 Å². The quantitative estimate of drug-likeness (QED) is 0.805. The summed E-state index contributed by atoms with van der Waals surface area (Å²) in [6.45, 7) is 5.00. The normalized spacial score (nSPS) is 21.1. The van der Waals surface area contributed by atoms with Gasteiger partial charge in [-0.1, -0.05) is 42.1 Å². The standard InChI is InChI=1S/C16H18N2O2S/c1-3-20-15(19)13-11(2)17-16-18(9-10-21-16)14(13)12-7-5-4-6-8-12/h4-8,14H,3,9-10H2,1-2H3/t14-/m1/s1. The second-order valence-electron chi connectivity index (χ2n) is 4.97. The lowest BCUT2D eigenvalue weighted by atomic mass is 9.95. The van der Waals surface area contributed by atoms with E-state index < -0.39 is 0 Å². The molecule has 0 aliphatic carbocycles. The van der Waals surface area contributed by atoms with Gasteiger partial charge in [-0.3, -0.25) is 0 Å². The predicted octanol–water partition coefficient (Wildman–Crippen LogP) is 2.98. The van der Waals surface area contributed by atoms with Crippen LogP contribution >= 0.6 is 11.8 Å². The molecule has 4 nitrogen and oxygen atoms in total. The number of carbonyl (C=O) groups is 1. The van der Waals surface area contributed by atoms with E-state index in [1.165, 1.54) is 0 Å². The third kappa shape index (κ3) is 2.58. The van der Waals surface area contributed by atoms with E-state index in [1.54, 1.807) is 11.8 Å². The van der Waals surface area contributed by atoms with Crippen molar-refractivity contribution in [1.29, 1.82) is 0 Å². The van der Waals surface area contributed by atoms with Gasteiger partial charge in [0.25, 0.3) is 0 Å². The molecule has 0 radical (unpaired) electrons.